The molecule has 1 aliphatic carbocycles. The predicted molar refractivity (Wildman–Crippen MR) is 98.1 cm³/mol. The van der Waals surface area contributed by atoms with Gasteiger partial charge in [-0.1, -0.05) is 30.3 Å². The zero-order chi connectivity index (χ0) is 17.8. The van der Waals surface area contributed by atoms with Crippen LogP contribution < -0.4 is 14.8 Å². The molecule has 25 heavy (non-hydrogen) atoms. The van der Waals surface area contributed by atoms with Gasteiger partial charge in [0.25, 0.3) is 5.91 Å². The topological polar surface area (TPSA) is 47.6 Å². The molecular weight excluding hydrogens is 314 g/mol. The fourth-order valence-electron chi connectivity index (χ4n) is 3.24. The van der Waals surface area contributed by atoms with Gasteiger partial charge in [0.15, 0.2) is 17.6 Å². The Morgan fingerprint density at radius 1 is 1.04 bits per heavy atom. The van der Waals surface area contributed by atoms with Gasteiger partial charge in [0.05, 0.1) is 13.2 Å². The highest BCUT2D eigenvalue weighted by Gasteiger charge is 2.20. The van der Waals surface area contributed by atoms with Crippen LogP contribution >= 0.6 is 0 Å². The number of benzene rings is 2. The van der Waals surface area contributed by atoms with Crippen molar-refractivity contribution in [3.05, 3.63) is 59.2 Å². The van der Waals surface area contributed by atoms with E-state index in [1.54, 1.807) is 20.1 Å². The van der Waals surface area contributed by atoms with Gasteiger partial charge in [-0.05, 0) is 61.9 Å². The van der Waals surface area contributed by atoms with Crippen LogP contribution in [0.25, 0.3) is 0 Å². The number of hydrogen-bond acceptors (Lipinski definition) is 3. The molecule has 1 aliphatic rings. The van der Waals surface area contributed by atoms with Crippen molar-refractivity contribution in [3.8, 4) is 11.5 Å². The quantitative estimate of drug-likeness (QED) is 0.870. The van der Waals surface area contributed by atoms with Gasteiger partial charge in [-0.2, -0.15) is 0 Å². The minimum atomic E-state index is -0.604. The Balaban J connectivity index is 1.63. The Labute approximate surface area is 149 Å². The van der Waals surface area contributed by atoms with Crippen LogP contribution in [-0.4, -0.2) is 19.1 Å². The first-order valence-corrected chi connectivity index (χ1v) is 8.80. The normalized spacial score (nSPS) is 15.2. The Kier molecular flexibility index (Phi) is 5.27. The van der Waals surface area contributed by atoms with Crippen molar-refractivity contribution in [1.29, 1.82) is 0 Å². The smallest absolute Gasteiger partial charge is 0.261 e. The number of rotatable bonds is 6. The molecule has 0 radical (unpaired) electrons. The van der Waals surface area contributed by atoms with Gasteiger partial charge in [-0.15, -0.1) is 0 Å². The fourth-order valence-corrected chi connectivity index (χ4v) is 3.24. The first-order valence-electron chi connectivity index (χ1n) is 8.80. The van der Waals surface area contributed by atoms with Crippen LogP contribution in [0.3, 0.4) is 0 Å². The molecule has 0 aliphatic heterocycles. The van der Waals surface area contributed by atoms with Gasteiger partial charge in [-0.25, -0.2) is 0 Å². The number of ether oxygens (including phenoxy) is 2. The molecule has 132 valence electrons. The van der Waals surface area contributed by atoms with Crippen LogP contribution in [0.4, 0.5) is 0 Å². The summed E-state index contributed by atoms with van der Waals surface area (Å²) in [5, 5.41) is 3.04. The lowest BCUT2D eigenvalue weighted by Gasteiger charge is -2.20. The number of fused-ring (bicyclic) bond motifs is 1. The second kappa shape index (κ2) is 7.60. The summed E-state index contributed by atoms with van der Waals surface area (Å²) < 4.78 is 11.0. The Hall–Kier alpha value is -2.49. The molecule has 0 heterocycles. The molecule has 0 fully saturated rings. The largest absolute Gasteiger partial charge is 0.493 e. The minimum absolute atomic E-state index is 0.0536. The van der Waals surface area contributed by atoms with Crippen LogP contribution in [0.1, 0.15) is 43.0 Å². The summed E-state index contributed by atoms with van der Waals surface area (Å²) in [6, 6.07) is 13.8. The lowest BCUT2D eigenvalue weighted by Crippen LogP contribution is -2.37. The predicted octanol–water partition coefficient (Wildman–Crippen LogP) is 3.83. The standard InChI is InChI=1S/C21H25NO3/c1-14(17-12-11-16-7-6-8-18(16)13-17)22-21(23)15(2)25-20-10-5-4-9-19(20)24-3/h4-5,9-15H,6-8H2,1-3H3,(H,22,23). The van der Waals surface area contributed by atoms with E-state index in [0.29, 0.717) is 11.5 Å². The van der Waals surface area contributed by atoms with Crippen molar-refractivity contribution >= 4 is 5.91 Å². The lowest BCUT2D eigenvalue weighted by atomic mass is 10.0. The Bertz CT molecular complexity index is 757. The molecule has 0 aromatic heterocycles. The van der Waals surface area contributed by atoms with Crippen LogP contribution in [-0.2, 0) is 17.6 Å². The van der Waals surface area contributed by atoms with E-state index in [4.69, 9.17) is 9.47 Å². The Morgan fingerprint density at radius 3 is 2.52 bits per heavy atom. The number of aryl methyl sites for hydroxylation is 2. The molecule has 2 aromatic carbocycles. The number of hydrogen-bond donors (Lipinski definition) is 1. The zero-order valence-electron chi connectivity index (χ0n) is 15.0. The third-order valence-electron chi connectivity index (χ3n) is 4.72. The van der Waals surface area contributed by atoms with Gasteiger partial charge >= 0.3 is 0 Å². The molecular formula is C21H25NO3. The molecule has 4 heteroatoms. The van der Waals surface area contributed by atoms with Crippen molar-refractivity contribution in [2.24, 2.45) is 0 Å². The number of para-hydroxylation sites is 2. The molecule has 0 spiro atoms. The van der Waals surface area contributed by atoms with Crippen molar-refractivity contribution in [3.63, 3.8) is 0 Å². The summed E-state index contributed by atoms with van der Waals surface area (Å²) in [6.07, 6.45) is 2.92. The van der Waals surface area contributed by atoms with Gasteiger partial charge < -0.3 is 14.8 Å². The van der Waals surface area contributed by atoms with E-state index in [0.717, 1.165) is 12.0 Å². The van der Waals surface area contributed by atoms with Crippen molar-refractivity contribution < 1.29 is 14.3 Å². The maximum Gasteiger partial charge on any atom is 0.261 e. The fraction of sp³-hybridized carbons (Fsp3) is 0.381. The zero-order valence-corrected chi connectivity index (χ0v) is 15.0. The third-order valence-corrected chi connectivity index (χ3v) is 4.72. The number of amides is 1. The van der Waals surface area contributed by atoms with E-state index in [9.17, 15) is 4.79 Å². The lowest BCUT2D eigenvalue weighted by molar-refractivity contribution is -0.127. The summed E-state index contributed by atoms with van der Waals surface area (Å²) in [7, 11) is 1.59. The molecule has 1 N–H and O–H groups in total. The second-order valence-corrected chi connectivity index (χ2v) is 6.52. The van der Waals surface area contributed by atoms with Crippen molar-refractivity contribution in [2.75, 3.05) is 7.11 Å². The van der Waals surface area contributed by atoms with E-state index < -0.39 is 6.10 Å². The maximum atomic E-state index is 12.5. The molecule has 0 saturated carbocycles. The number of carbonyl (C=O) groups is 1. The van der Waals surface area contributed by atoms with Crippen LogP contribution in [0.15, 0.2) is 42.5 Å². The average molecular weight is 339 g/mol. The SMILES string of the molecule is COc1ccccc1OC(C)C(=O)NC(C)c1ccc2c(c1)CCC2. The highest BCUT2D eigenvalue weighted by molar-refractivity contribution is 5.81. The molecule has 4 nitrogen and oxygen atoms in total. The van der Waals surface area contributed by atoms with E-state index >= 15 is 0 Å². The highest BCUT2D eigenvalue weighted by Crippen LogP contribution is 2.27. The van der Waals surface area contributed by atoms with Crippen LogP contribution in [0.2, 0.25) is 0 Å². The van der Waals surface area contributed by atoms with E-state index in [-0.39, 0.29) is 11.9 Å². The summed E-state index contributed by atoms with van der Waals surface area (Å²) in [4.78, 5) is 12.5. The van der Waals surface area contributed by atoms with Crippen molar-refractivity contribution in [1.82, 2.24) is 5.32 Å². The van der Waals surface area contributed by atoms with E-state index in [1.165, 1.54) is 24.0 Å². The maximum absolute atomic E-state index is 12.5. The van der Waals surface area contributed by atoms with Crippen molar-refractivity contribution in [2.45, 2.75) is 45.3 Å². The number of nitrogens with one attached hydrogen (secondary N) is 1. The van der Waals surface area contributed by atoms with E-state index in [1.807, 2.05) is 25.1 Å². The second-order valence-electron chi connectivity index (χ2n) is 6.52. The minimum Gasteiger partial charge on any atom is -0.493 e. The summed E-state index contributed by atoms with van der Waals surface area (Å²) in [5.41, 5.74) is 3.99. The number of methoxy groups -OCH3 is 1. The number of carbonyl (C=O) groups excluding carboxylic acids is 1. The summed E-state index contributed by atoms with van der Waals surface area (Å²) in [5.74, 6) is 1.05. The van der Waals surface area contributed by atoms with Gasteiger partial charge in [0.2, 0.25) is 0 Å². The first kappa shape index (κ1) is 17.3. The molecule has 2 aromatic rings. The molecule has 2 atom stereocenters. The summed E-state index contributed by atoms with van der Waals surface area (Å²) >= 11 is 0. The van der Waals surface area contributed by atoms with Crippen LogP contribution in [0, 0.1) is 0 Å². The van der Waals surface area contributed by atoms with Gasteiger partial charge in [0.1, 0.15) is 0 Å². The van der Waals surface area contributed by atoms with Crippen LogP contribution in [0.5, 0.6) is 11.5 Å². The molecule has 3 rings (SSSR count). The molecule has 0 bridgehead atoms. The molecule has 1 amide bonds. The average Bonchev–Trinajstić information content (AvgIpc) is 3.09. The third kappa shape index (κ3) is 3.95. The monoisotopic (exact) mass is 339 g/mol. The molecule has 0 saturated heterocycles. The highest BCUT2D eigenvalue weighted by atomic mass is 16.5. The van der Waals surface area contributed by atoms with Gasteiger partial charge in [-0.3, -0.25) is 4.79 Å². The first-order chi connectivity index (χ1) is 12.1. The van der Waals surface area contributed by atoms with Gasteiger partial charge in [0, 0.05) is 0 Å². The summed E-state index contributed by atoms with van der Waals surface area (Å²) in [6.45, 7) is 3.75. The van der Waals surface area contributed by atoms with E-state index in [2.05, 4.69) is 23.5 Å². The molecule has 2 unspecified atom stereocenters. The Morgan fingerprint density at radius 2 is 1.76 bits per heavy atom.